The molecule has 1 fully saturated rings. The maximum absolute atomic E-state index is 5.44. The topological polar surface area (TPSA) is 43.8 Å². The minimum absolute atomic E-state index is 0.626. The standard InChI is InChI=1S/C7H11N3/c8-7-4-10(5-9-7)3-6-1-2-6/h4-6H,1-3,8H2. The molecule has 0 saturated heterocycles. The molecule has 0 aromatic carbocycles. The number of aromatic nitrogens is 2. The fourth-order valence-corrected chi connectivity index (χ4v) is 1.08. The van der Waals surface area contributed by atoms with Crippen LogP contribution in [0.3, 0.4) is 0 Å². The average Bonchev–Trinajstić information content (AvgIpc) is 2.59. The Bertz CT molecular complexity index is 225. The fourth-order valence-electron chi connectivity index (χ4n) is 1.08. The fraction of sp³-hybridized carbons (Fsp3) is 0.571. The van der Waals surface area contributed by atoms with E-state index in [1.54, 1.807) is 6.33 Å². The summed E-state index contributed by atoms with van der Waals surface area (Å²) in [6.45, 7) is 1.10. The summed E-state index contributed by atoms with van der Waals surface area (Å²) in [7, 11) is 0. The van der Waals surface area contributed by atoms with Gasteiger partial charge in [0.1, 0.15) is 5.82 Å². The molecule has 0 bridgehead atoms. The Morgan fingerprint density at radius 1 is 1.70 bits per heavy atom. The number of hydrogen-bond acceptors (Lipinski definition) is 2. The van der Waals surface area contributed by atoms with Gasteiger partial charge in [0.05, 0.1) is 6.33 Å². The van der Waals surface area contributed by atoms with E-state index < -0.39 is 0 Å². The van der Waals surface area contributed by atoms with Gasteiger partial charge in [0.15, 0.2) is 0 Å². The van der Waals surface area contributed by atoms with E-state index in [1.165, 1.54) is 12.8 Å². The molecule has 2 N–H and O–H groups in total. The molecule has 1 aliphatic rings. The van der Waals surface area contributed by atoms with Crippen LogP contribution in [-0.4, -0.2) is 9.55 Å². The van der Waals surface area contributed by atoms with E-state index in [2.05, 4.69) is 9.55 Å². The van der Waals surface area contributed by atoms with Crippen LogP contribution in [0.15, 0.2) is 12.5 Å². The average molecular weight is 137 g/mol. The zero-order valence-electron chi connectivity index (χ0n) is 5.83. The van der Waals surface area contributed by atoms with E-state index in [0.717, 1.165) is 12.5 Å². The zero-order chi connectivity index (χ0) is 6.97. The van der Waals surface area contributed by atoms with Crippen molar-refractivity contribution < 1.29 is 0 Å². The Balaban J connectivity index is 2.03. The van der Waals surface area contributed by atoms with Crippen LogP contribution >= 0.6 is 0 Å². The van der Waals surface area contributed by atoms with Gasteiger partial charge < -0.3 is 10.3 Å². The van der Waals surface area contributed by atoms with Crippen LogP contribution in [0.4, 0.5) is 5.82 Å². The van der Waals surface area contributed by atoms with Gasteiger partial charge in [-0.2, -0.15) is 0 Å². The largest absolute Gasteiger partial charge is 0.382 e. The molecule has 3 heteroatoms. The van der Waals surface area contributed by atoms with Gasteiger partial charge in [-0.1, -0.05) is 0 Å². The Hall–Kier alpha value is -0.990. The minimum atomic E-state index is 0.626. The third kappa shape index (κ3) is 1.12. The van der Waals surface area contributed by atoms with Gasteiger partial charge in [-0.3, -0.25) is 0 Å². The molecule has 2 rings (SSSR count). The van der Waals surface area contributed by atoms with Crippen molar-refractivity contribution in [1.82, 2.24) is 9.55 Å². The molecule has 54 valence electrons. The second-order valence-corrected chi connectivity index (χ2v) is 2.94. The molecule has 0 unspecified atom stereocenters. The molecule has 1 aliphatic carbocycles. The van der Waals surface area contributed by atoms with Crippen molar-refractivity contribution in [3.8, 4) is 0 Å². The van der Waals surface area contributed by atoms with Crippen molar-refractivity contribution in [2.45, 2.75) is 19.4 Å². The van der Waals surface area contributed by atoms with Crippen LogP contribution in [0.1, 0.15) is 12.8 Å². The van der Waals surface area contributed by atoms with Crippen LogP contribution in [0.5, 0.6) is 0 Å². The van der Waals surface area contributed by atoms with Gasteiger partial charge in [-0.15, -0.1) is 0 Å². The molecular weight excluding hydrogens is 126 g/mol. The first kappa shape index (κ1) is 5.77. The highest BCUT2D eigenvalue weighted by molar-refractivity contribution is 5.22. The van der Waals surface area contributed by atoms with Crippen molar-refractivity contribution in [3.63, 3.8) is 0 Å². The van der Waals surface area contributed by atoms with Crippen LogP contribution in [0.25, 0.3) is 0 Å². The predicted octanol–water partition coefficient (Wildman–Crippen LogP) is 0.875. The monoisotopic (exact) mass is 137 g/mol. The number of imidazole rings is 1. The second-order valence-electron chi connectivity index (χ2n) is 2.94. The molecule has 0 radical (unpaired) electrons. The zero-order valence-corrected chi connectivity index (χ0v) is 5.83. The molecule has 0 amide bonds. The molecule has 0 aliphatic heterocycles. The number of nitrogen functional groups attached to an aromatic ring is 1. The summed E-state index contributed by atoms with van der Waals surface area (Å²) in [6.07, 6.45) is 6.43. The van der Waals surface area contributed by atoms with Crippen molar-refractivity contribution >= 4 is 5.82 Å². The van der Waals surface area contributed by atoms with E-state index >= 15 is 0 Å². The maximum Gasteiger partial charge on any atom is 0.141 e. The number of hydrogen-bond donors (Lipinski definition) is 1. The lowest BCUT2D eigenvalue weighted by atomic mass is 10.4. The minimum Gasteiger partial charge on any atom is -0.382 e. The normalized spacial score (nSPS) is 17.6. The summed E-state index contributed by atoms with van der Waals surface area (Å²) in [5.74, 6) is 1.52. The molecule has 1 saturated carbocycles. The third-order valence-electron chi connectivity index (χ3n) is 1.82. The highest BCUT2D eigenvalue weighted by Crippen LogP contribution is 2.30. The highest BCUT2D eigenvalue weighted by atomic mass is 15.1. The van der Waals surface area contributed by atoms with Crippen molar-refractivity contribution in [1.29, 1.82) is 0 Å². The van der Waals surface area contributed by atoms with E-state index in [0.29, 0.717) is 5.82 Å². The van der Waals surface area contributed by atoms with Gasteiger partial charge in [-0.05, 0) is 18.8 Å². The first-order valence-corrected chi connectivity index (χ1v) is 3.62. The van der Waals surface area contributed by atoms with Crippen LogP contribution in [0.2, 0.25) is 0 Å². The highest BCUT2D eigenvalue weighted by Gasteiger charge is 2.21. The lowest BCUT2D eigenvalue weighted by Crippen LogP contribution is -1.95. The number of rotatable bonds is 2. The molecule has 1 aromatic rings. The molecule has 3 nitrogen and oxygen atoms in total. The van der Waals surface area contributed by atoms with Gasteiger partial charge in [0, 0.05) is 12.7 Å². The Labute approximate surface area is 59.9 Å². The maximum atomic E-state index is 5.44. The quantitative estimate of drug-likeness (QED) is 0.657. The smallest absolute Gasteiger partial charge is 0.141 e. The van der Waals surface area contributed by atoms with Crippen molar-refractivity contribution in [3.05, 3.63) is 12.5 Å². The molecule has 1 heterocycles. The number of anilines is 1. The van der Waals surface area contributed by atoms with Gasteiger partial charge >= 0.3 is 0 Å². The first-order chi connectivity index (χ1) is 4.84. The molecule has 1 aromatic heterocycles. The van der Waals surface area contributed by atoms with E-state index in [9.17, 15) is 0 Å². The number of nitrogens with two attached hydrogens (primary N) is 1. The Morgan fingerprint density at radius 2 is 2.50 bits per heavy atom. The van der Waals surface area contributed by atoms with E-state index in [-0.39, 0.29) is 0 Å². The van der Waals surface area contributed by atoms with Gasteiger partial charge in [-0.25, -0.2) is 4.98 Å². The molecule has 10 heavy (non-hydrogen) atoms. The second kappa shape index (κ2) is 2.01. The van der Waals surface area contributed by atoms with Gasteiger partial charge in [0.25, 0.3) is 0 Å². The Morgan fingerprint density at radius 3 is 3.00 bits per heavy atom. The Kier molecular flexibility index (Phi) is 1.16. The summed E-state index contributed by atoms with van der Waals surface area (Å²) in [5, 5.41) is 0. The van der Waals surface area contributed by atoms with E-state index in [1.807, 2.05) is 6.20 Å². The summed E-state index contributed by atoms with van der Waals surface area (Å²) >= 11 is 0. The first-order valence-electron chi connectivity index (χ1n) is 3.62. The lowest BCUT2D eigenvalue weighted by Gasteiger charge is -1.95. The van der Waals surface area contributed by atoms with Gasteiger partial charge in [0.2, 0.25) is 0 Å². The lowest BCUT2D eigenvalue weighted by molar-refractivity contribution is 0.627. The van der Waals surface area contributed by atoms with Crippen LogP contribution < -0.4 is 5.73 Å². The predicted molar refractivity (Wildman–Crippen MR) is 39.4 cm³/mol. The summed E-state index contributed by atoms with van der Waals surface area (Å²) in [5.41, 5.74) is 5.44. The summed E-state index contributed by atoms with van der Waals surface area (Å²) < 4.78 is 2.06. The summed E-state index contributed by atoms with van der Waals surface area (Å²) in [6, 6.07) is 0. The molecule has 0 spiro atoms. The van der Waals surface area contributed by atoms with E-state index in [4.69, 9.17) is 5.73 Å². The molecular formula is C7H11N3. The molecule has 0 atom stereocenters. The van der Waals surface area contributed by atoms with Crippen LogP contribution in [-0.2, 0) is 6.54 Å². The summed E-state index contributed by atoms with van der Waals surface area (Å²) in [4.78, 5) is 3.94. The number of nitrogens with zero attached hydrogens (tertiary/aromatic N) is 2. The SMILES string of the molecule is Nc1cn(CC2CC2)cn1. The third-order valence-corrected chi connectivity index (χ3v) is 1.82. The van der Waals surface area contributed by atoms with Crippen molar-refractivity contribution in [2.24, 2.45) is 5.92 Å². The van der Waals surface area contributed by atoms with Crippen LogP contribution in [0, 0.1) is 5.92 Å². The van der Waals surface area contributed by atoms with Crippen molar-refractivity contribution in [2.75, 3.05) is 5.73 Å².